The fourth-order valence-electron chi connectivity index (χ4n) is 4.03. The van der Waals surface area contributed by atoms with E-state index >= 15 is 0 Å². The van der Waals surface area contributed by atoms with Crippen LogP contribution in [0.25, 0.3) is 10.2 Å². The Morgan fingerprint density at radius 3 is 2.82 bits per heavy atom. The Hall–Kier alpha value is -2.87. The van der Waals surface area contributed by atoms with E-state index in [2.05, 4.69) is 10.1 Å². The van der Waals surface area contributed by atoms with Crippen molar-refractivity contribution in [2.24, 2.45) is 5.10 Å². The number of hydrogen-bond acceptors (Lipinski definition) is 6. The van der Waals surface area contributed by atoms with Gasteiger partial charge >= 0.3 is 0 Å². The first kappa shape index (κ1) is 22.9. The van der Waals surface area contributed by atoms with E-state index in [0.717, 1.165) is 40.8 Å². The van der Waals surface area contributed by atoms with Crippen LogP contribution in [0.15, 0.2) is 52.6 Å². The third-order valence-electron chi connectivity index (χ3n) is 5.78. The highest BCUT2D eigenvalue weighted by Crippen LogP contribution is 2.33. The second-order valence-electron chi connectivity index (χ2n) is 7.96. The molecule has 4 aromatic rings. The minimum atomic E-state index is -0.132. The Morgan fingerprint density at radius 1 is 1.15 bits per heavy atom. The van der Waals surface area contributed by atoms with Gasteiger partial charge in [-0.25, -0.2) is 4.98 Å². The lowest BCUT2D eigenvalue weighted by Gasteiger charge is -2.12. The van der Waals surface area contributed by atoms with E-state index in [0.29, 0.717) is 26.9 Å². The molecule has 6 nitrogen and oxygen atoms in total. The number of benzene rings is 2. The molecule has 174 valence electrons. The minimum Gasteiger partial charge on any atom is -0.493 e. The van der Waals surface area contributed by atoms with Crippen molar-refractivity contribution in [3.05, 3.63) is 84.7 Å². The standard InChI is InChI=1S/C25H21Cl2N3O3S/c1-32-21-10-15(6-9-20(21)33-13-16-7-8-17(26)11-19(16)27)12-29-30-14-28-24-23(25(30)31)18-4-2-3-5-22(18)34-24/h6-12,14H,2-5,13H2,1H3. The Balaban J connectivity index is 1.37. The van der Waals surface area contributed by atoms with Crippen molar-refractivity contribution in [1.29, 1.82) is 0 Å². The Labute approximate surface area is 210 Å². The van der Waals surface area contributed by atoms with E-state index in [1.54, 1.807) is 48.9 Å². The van der Waals surface area contributed by atoms with Gasteiger partial charge in [0.15, 0.2) is 11.5 Å². The molecule has 2 heterocycles. The maximum absolute atomic E-state index is 13.1. The van der Waals surface area contributed by atoms with Gasteiger partial charge in [-0.3, -0.25) is 4.79 Å². The lowest BCUT2D eigenvalue weighted by molar-refractivity contribution is 0.284. The largest absolute Gasteiger partial charge is 0.493 e. The van der Waals surface area contributed by atoms with Gasteiger partial charge in [-0.2, -0.15) is 9.78 Å². The number of thiophene rings is 1. The average molecular weight is 514 g/mol. The van der Waals surface area contributed by atoms with Crippen LogP contribution in [0.3, 0.4) is 0 Å². The van der Waals surface area contributed by atoms with Crippen molar-refractivity contribution >= 4 is 51.0 Å². The van der Waals surface area contributed by atoms with E-state index in [1.807, 2.05) is 12.1 Å². The van der Waals surface area contributed by atoms with Crippen LogP contribution in [0.2, 0.25) is 10.0 Å². The van der Waals surface area contributed by atoms with Crippen LogP contribution in [0.4, 0.5) is 0 Å². The van der Waals surface area contributed by atoms with E-state index in [1.165, 1.54) is 22.3 Å². The van der Waals surface area contributed by atoms with Crippen molar-refractivity contribution in [3.63, 3.8) is 0 Å². The molecule has 34 heavy (non-hydrogen) atoms. The van der Waals surface area contributed by atoms with Gasteiger partial charge in [0.25, 0.3) is 5.56 Å². The second-order valence-corrected chi connectivity index (χ2v) is 9.89. The first-order valence-corrected chi connectivity index (χ1v) is 12.4. The fourth-order valence-corrected chi connectivity index (χ4v) is 5.71. The second kappa shape index (κ2) is 9.78. The molecule has 9 heteroatoms. The fraction of sp³-hybridized carbons (Fsp3) is 0.240. The summed E-state index contributed by atoms with van der Waals surface area (Å²) in [7, 11) is 1.57. The summed E-state index contributed by atoms with van der Waals surface area (Å²) in [6.07, 6.45) is 7.32. The molecule has 0 atom stereocenters. The van der Waals surface area contributed by atoms with Gasteiger partial charge in [-0.15, -0.1) is 11.3 Å². The number of hydrogen-bond donors (Lipinski definition) is 0. The van der Waals surface area contributed by atoms with Gasteiger partial charge in [0.1, 0.15) is 17.8 Å². The minimum absolute atomic E-state index is 0.132. The maximum atomic E-state index is 13.1. The van der Waals surface area contributed by atoms with Crippen LogP contribution in [0.5, 0.6) is 11.5 Å². The van der Waals surface area contributed by atoms with Gasteiger partial charge in [-0.1, -0.05) is 29.3 Å². The molecular weight excluding hydrogens is 493 g/mol. The summed E-state index contributed by atoms with van der Waals surface area (Å²) in [5.74, 6) is 1.11. The summed E-state index contributed by atoms with van der Waals surface area (Å²) in [4.78, 5) is 19.6. The molecule has 1 aliphatic rings. The molecule has 0 fully saturated rings. The summed E-state index contributed by atoms with van der Waals surface area (Å²) in [6.45, 7) is 0.270. The number of ether oxygens (including phenoxy) is 2. The Morgan fingerprint density at radius 2 is 2.00 bits per heavy atom. The summed E-state index contributed by atoms with van der Waals surface area (Å²) >= 11 is 13.8. The predicted molar refractivity (Wildman–Crippen MR) is 137 cm³/mol. The number of aryl methyl sites for hydroxylation is 2. The first-order valence-electron chi connectivity index (χ1n) is 10.8. The Kier molecular flexibility index (Phi) is 6.59. The number of rotatable bonds is 6. The molecular formula is C25H21Cl2N3O3S. The van der Waals surface area contributed by atoms with Gasteiger partial charge in [0, 0.05) is 20.5 Å². The molecule has 0 amide bonds. The monoisotopic (exact) mass is 513 g/mol. The highest BCUT2D eigenvalue weighted by Gasteiger charge is 2.19. The molecule has 0 unspecified atom stereocenters. The number of halogens is 2. The van der Waals surface area contributed by atoms with Crippen molar-refractivity contribution in [2.75, 3.05) is 7.11 Å². The van der Waals surface area contributed by atoms with E-state index < -0.39 is 0 Å². The molecule has 2 aromatic carbocycles. The van der Waals surface area contributed by atoms with E-state index in [-0.39, 0.29) is 12.2 Å². The molecule has 2 aromatic heterocycles. The van der Waals surface area contributed by atoms with Crippen molar-refractivity contribution in [3.8, 4) is 11.5 Å². The Bertz CT molecular complexity index is 1460. The van der Waals surface area contributed by atoms with Crippen molar-refractivity contribution < 1.29 is 9.47 Å². The normalized spacial score (nSPS) is 13.4. The average Bonchev–Trinajstić information content (AvgIpc) is 3.23. The third kappa shape index (κ3) is 4.56. The third-order valence-corrected chi connectivity index (χ3v) is 7.56. The van der Waals surface area contributed by atoms with E-state index in [4.69, 9.17) is 32.7 Å². The number of fused-ring (bicyclic) bond motifs is 3. The zero-order valence-electron chi connectivity index (χ0n) is 18.4. The highest BCUT2D eigenvalue weighted by atomic mass is 35.5. The van der Waals surface area contributed by atoms with E-state index in [9.17, 15) is 4.79 Å². The number of nitrogens with zero attached hydrogens (tertiary/aromatic N) is 3. The molecule has 0 saturated heterocycles. The molecule has 0 saturated carbocycles. The number of aromatic nitrogens is 2. The van der Waals surface area contributed by atoms with Crippen LogP contribution >= 0.6 is 34.5 Å². The SMILES string of the molecule is COc1cc(C=Nn2cnc3sc4c(c3c2=O)CCCC4)ccc1OCc1ccc(Cl)cc1Cl. The quantitative estimate of drug-likeness (QED) is 0.291. The van der Waals surface area contributed by atoms with Gasteiger partial charge in [0.2, 0.25) is 0 Å². The molecule has 0 N–H and O–H groups in total. The highest BCUT2D eigenvalue weighted by molar-refractivity contribution is 7.18. The molecule has 0 aliphatic heterocycles. The number of methoxy groups -OCH3 is 1. The molecule has 1 aliphatic carbocycles. The smallest absolute Gasteiger partial charge is 0.282 e. The lowest BCUT2D eigenvalue weighted by atomic mass is 9.97. The summed E-state index contributed by atoms with van der Waals surface area (Å²) < 4.78 is 12.7. The van der Waals surface area contributed by atoms with Crippen LogP contribution in [0.1, 0.15) is 34.4 Å². The van der Waals surface area contributed by atoms with Crippen LogP contribution in [0, 0.1) is 0 Å². The molecule has 0 spiro atoms. The van der Waals surface area contributed by atoms with Crippen molar-refractivity contribution in [2.45, 2.75) is 32.3 Å². The van der Waals surface area contributed by atoms with Crippen LogP contribution < -0.4 is 15.0 Å². The summed E-state index contributed by atoms with van der Waals surface area (Å²) in [6, 6.07) is 10.7. The lowest BCUT2D eigenvalue weighted by Crippen LogP contribution is -2.18. The molecule has 5 rings (SSSR count). The molecule has 0 bridgehead atoms. The zero-order chi connectivity index (χ0) is 23.7. The maximum Gasteiger partial charge on any atom is 0.282 e. The zero-order valence-corrected chi connectivity index (χ0v) is 20.7. The molecule has 0 radical (unpaired) electrons. The summed E-state index contributed by atoms with van der Waals surface area (Å²) in [5, 5.41) is 6.19. The first-order chi connectivity index (χ1) is 16.5. The van der Waals surface area contributed by atoms with Gasteiger partial charge in [0.05, 0.1) is 18.7 Å². The van der Waals surface area contributed by atoms with Crippen LogP contribution in [-0.4, -0.2) is 23.0 Å². The van der Waals surface area contributed by atoms with Crippen molar-refractivity contribution in [1.82, 2.24) is 9.66 Å². The van der Waals surface area contributed by atoms with Gasteiger partial charge in [-0.05, 0) is 67.1 Å². The van der Waals surface area contributed by atoms with Crippen LogP contribution in [-0.2, 0) is 19.4 Å². The van der Waals surface area contributed by atoms with Gasteiger partial charge < -0.3 is 9.47 Å². The summed E-state index contributed by atoms with van der Waals surface area (Å²) in [5.41, 5.74) is 2.59. The predicted octanol–water partition coefficient (Wildman–Crippen LogP) is 6.11. The topological polar surface area (TPSA) is 65.7 Å².